The molecule has 2 aromatic carbocycles. The van der Waals surface area contributed by atoms with Crippen LogP contribution in [0.3, 0.4) is 0 Å². The van der Waals surface area contributed by atoms with Gasteiger partial charge in [-0.1, -0.05) is 44.1 Å². The van der Waals surface area contributed by atoms with E-state index >= 15 is 0 Å². The van der Waals surface area contributed by atoms with Crippen LogP contribution in [0.25, 0.3) is 0 Å². The fraction of sp³-hybridized carbons (Fsp3) is 0.391. The van der Waals surface area contributed by atoms with Crippen molar-refractivity contribution in [2.24, 2.45) is 0 Å². The van der Waals surface area contributed by atoms with Crippen molar-refractivity contribution in [3.63, 3.8) is 0 Å². The van der Waals surface area contributed by atoms with Crippen molar-refractivity contribution in [3.05, 3.63) is 58.3 Å². The molecule has 0 aromatic heterocycles. The van der Waals surface area contributed by atoms with Crippen LogP contribution < -0.4 is 25.6 Å². The lowest BCUT2D eigenvalue weighted by molar-refractivity contribution is 0.600. The summed E-state index contributed by atoms with van der Waals surface area (Å²) < 4.78 is 18.1. The van der Waals surface area contributed by atoms with Crippen LogP contribution in [-0.2, 0) is 6.42 Å². The van der Waals surface area contributed by atoms with Gasteiger partial charge in [-0.05, 0) is 66.7 Å². The summed E-state index contributed by atoms with van der Waals surface area (Å²) >= 11 is 9.15. The third-order valence-corrected chi connectivity index (χ3v) is 6.77. The van der Waals surface area contributed by atoms with Gasteiger partial charge in [-0.3, -0.25) is 0 Å². The summed E-state index contributed by atoms with van der Waals surface area (Å²) in [7, 11) is 3.94. The molecule has 32 heavy (non-hydrogen) atoms. The first-order valence-corrected chi connectivity index (χ1v) is 12.9. The lowest BCUT2D eigenvalue weighted by Gasteiger charge is -2.24. The molecular formula is C23H33ClFN5S2. The van der Waals surface area contributed by atoms with Crippen molar-refractivity contribution in [1.82, 2.24) is 15.4 Å². The second-order valence-corrected chi connectivity index (χ2v) is 9.14. The first-order valence-electron chi connectivity index (χ1n) is 10.8. The fourth-order valence-corrected chi connectivity index (χ4v) is 4.68. The molecule has 1 unspecified atom stereocenters. The minimum Gasteiger partial charge on any atom is -0.372 e. The molecule has 4 N–H and O–H groups in total. The van der Waals surface area contributed by atoms with E-state index in [0.717, 1.165) is 42.1 Å². The van der Waals surface area contributed by atoms with Crippen molar-refractivity contribution < 1.29 is 4.39 Å². The molecule has 5 nitrogen and oxygen atoms in total. The predicted octanol–water partition coefficient (Wildman–Crippen LogP) is 6.15. The van der Waals surface area contributed by atoms with Crippen LogP contribution in [0.4, 0.5) is 21.5 Å². The molecule has 0 saturated heterocycles. The van der Waals surface area contributed by atoms with Gasteiger partial charge in [0.05, 0.1) is 16.3 Å². The number of rotatable bonds is 10. The van der Waals surface area contributed by atoms with E-state index in [1.807, 2.05) is 63.8 Å². The molecule has 1 aliphatic rings. The molecule has 3 rings (SSSR count). The zero-order valence-electron chi connectivity index (χ0n) is 19.3. The monoisotopic (exact) mass is 497 g/mol. The number of hydrogen-bond acceptors (Lipinski definition) is 7. The van der Waals surface area contributed by atoms with Gasteiger partial charge in [-0.15, -0.1) is 0 Å². The van der Waals surface area contributed by atoms with E-state index in [1.54, 1.807) is 17.8 Å². The maximum Gasteiger partial charge on any atom is 0.140 e. The Balaban J connectivity index is 0.00000176. The van der Waals surface area contributed by atoms with Crippen LogP contribution in [0.5, 0.6) is 0 Å². The molecule has 9 heteroatoms. The Labute approximate surface area is 205 Å². The first kappa shape index (κ1) is 26.7. The summed E-state index contributed by atoms with van der Waals surface area (Å²) in [6.07, 6.45) is 2.66. The van der Waals surface area contributed by atoms with Gasteiger partial charge in [0.15, 0.2) is 0 Å². The van der Waals surface area contributed by atoms with Crippen molar-refractivity contribution in [2.45, 2.75) is 37.6 Å². The number of hydrogen-bond donors (Lipinski definition) is 4. The molecular weight excluding hydrogens is 465 g/mol. The van der Waals surface area contributed by atoms with Crippen LogP contribution in [0, 0.1) is 5.82 Å². The van der Waals surface area contributed by atoms with Crippen molar-refractivity contribution >= 4 is 52.4 Å². The SMILES string of the molecule is CC.CCc1cc(SNC2NC=CS2)c(F)cc1Nc1ccc(Cl)cc1N(C)CCNC. The highest BCUT2D eigenvalue weighted by atomic mass is 35.5. The molecule has 0 radical (unpaired) electrons. The van der Waals surface area contributed by atoms with E-state index in [-0.39, 0.29) is 11.3 Å². The topological polar surface area (TPSA) is 51.4 Å². The van der Waals surface area contributed by atoms with Gasteiger partial charge < -0.3 is 20.9 Å². The highest BCUT2D eigenvalue weighted by Crippen LogP contribution is 2.34. The molecule has 2 aromatic rings. The molecule has 176 valence electrons. The molecule has 0 fully saturated rings. The fourth-order valence-electron chi connectivity index (χ4n) is 3.02. The minimum atomic E-state index is -0.262. The summed E-state index contributed by atoms with van der Waals surface area (Å²) in [6.45, 7) is 7.74. The number of nitrogens with zero attached hydrogens (tertiary/aromatic N) is 1. The molecule has 0 amide bonds. The average Bonchev–Trinajstić information content (AvgIpc) is 3.33. The quantitative estimate of drug-likeness (QED) is 0.293. The number of halogens is 2. The molecule has 1 atom stereocenters. The zero-order chi connectivity index (χ0) is 23.5. The van der Waals surface area contributed by atoms with Crippen LogP contribution >= 0.6 is 35.3 Å². The normalized spacial score (nSPS) is 14.5. The van der Waals surface area contributed by atoms with E-state index in [9.17, 15) is 4.39 Å². The van der Waals surface area contributed by atoms with Gasteiger partial charge in [-0.25, -0.2) is 9.11 Å². The number of aryl methyl sites for hydroxylation is 1. The maximum atomic E-state index is 14.8. The van der Waals surface area contributed by atoms with Crippen molar-refractivity contribution in [2.75, 3.05) is 37.4 Å². The average molecular weight is 498 g/mol. The molecule has 0 bridgehead atoms. The van der Waals surface area contributed by atoms with Gasteiger partial charge in [0.1, 0.15) is 11.3 Å². The Morgan fingerprint density at radius 2 is 2.00 bits per heavy atom. The molecule has 1 aliphatic heterocycles. The van der Waals surface area contributed by atoms with Gasteiger partial charge in [0.25, 0.3) is 0 Å². The summed E-state index contributed by atoms with van der Waals surface area (Å²) in [5, 5.41) is 12.4. The van der Waals surface area contributed by atoms with Gasteiger partial charge >= 0.3 is 0 Å². The van der Waals surface area contributed by atoms with Crippen molar-refractivity contribution in [3.8, 4) is 0 Å². The van der Waals surface area contributed by atoms with Gasteiger partial charge in [0.2, 0.25) is 0 Å². The number of nitrogens with one attached hydrogen (secondary N) is 4. The zero-order valence-corrected chi connectivity index (χ0v) is 21.6. The minimum absolute atomic E-state index is 0.0436. The van der Waals surface area contributed by atoms with Crippen LogP contribution in [0.1, 0.15) is 26.3 Å². The standard InChI is InChI=1S/C21H27ClFN5S2.C2H6/c1-4-14-11-20(30-27-21-25-8-10-29-21)16(23)13-18(14)26-17-6-5-15(22)12-19(17)28(3)9-7-24-2;1-2/h5-6,8,10-13,21,24-27H,4,7,9H2,1-3H3;1-2H3. The van der Waals surface area contributed by atoms with Crippen LogP contribution in [0.2, 0.25) is 5.02 Å². The first-order chi connectivity index (χ1) is 15.5. The Morgan fingerprint density at radius 1 is 1.22 bits per heavy atom. The van der Waals surface area contributed by atoms with Crippen LogP contribution in [-0.4, -0.2) is 32.7 Å². The molecule has 0 spiro atoms. The summed E-state index contributed by atoms with van der Waals surface area (Å²) in [6, 6.07) is 9.18. The number of thioether (sulfide) groups is 1. The summed E-state index contributed by atoms with van der Waals surface area (Å²) in [5.41, 5.74) is 3.71. The van der Waals surface area contributed by atoms with E-state index < -0.39 is 0 Å². The lowest BCUT2D eigenvalue weighted by atomic mass is 10.1. The van der Waals surface area contributed by atoms with Crippen molar-refractivity contribution in [1.29, 1.82) is 0 Å². The van der Waals surface area contributed by atoms with E-state index in [4.69, 9.17) is 11.6 Å². The highest BCUT2D eigenvalue weighted by Gasteiger charge is 2.15. The third-order valence-electron chi connectivity index (χ3n) is 4.68. The van der Waals surface area contributed by atoms with Gasteiger partial charge in [0, 0.05) is 37.0 Å². The predicted molar refractivity (Wildman–Crippen MR) is 142 cm³/mol. The smallest absolute Gasteiger partial charge is 0.140 e. The molecule has 1 heterocycles. The van der Waals surface area contributed by atoms with Crippen LogP contribution in [0.15, 0.2) is 46.8 Å². The lowest BCUT2D eigenvalue weighted by Crippen LogP contribution is -2.28. The van der Waals surface area contributed by atoms with E-state index in [1.165, 1.54) is 11.9 Å². The largest absolute Gasteiger partial charge is 0.372 e. The number of benzene rings is 2. The Kier molecular flexibility index (Phi) is 11.5. The summed E-state index contributed by atoms with van der Waals surface area (Å²) in [4.78, 5) is 2.70. The van der Waals surface area contributed by atoms with E-state index in [2.05, 4.69) is 32.5 Å². The Bertz CT molecular complexity index is 889. The number of anilines is 3. The highest BCUT2D eigenvalue weighted by molar-refractivity contribution is 8.04. The molecule has 0 saturated carbocycles. The maximum absolute atomic E-state index is 14.8. The summed E-state index contributed by atoms with van der Waals surface area (Å²) in [5.74, 6) is -0.262. The Hall–Kier alpha value is -1.58. The second kappa shape index (κ2) is 13.9. The third kappa shape index (κ3) is 7.49. The number of likely N-dealkylation sites (N-methyl/N-ethyl adjacent to an activating group) is 2. The van der Waals surface area contributed by atoms with E-state index in [0.29, 0.717) is 9.92 Å². The molecule has 0 aliphatic carbocycles. The second-order valence-electron chi connectivity index (χ2n) is 6.81. The van der Waals surface area contributed by atoms with Gasteiger partial charge in [-0.2, -0.15) is 0 Å². The Morgan fingerprint density at radius 3 is 2.66 bits per heavy atom.